The largest absolute Gasteiger partial charge is 0.385 e. The molecule has 0 radical (unpaired) electrons. The first-order valence-corrected chi connectivity index (χ1v) is 12.1. The monoisotopic (exact) mass is 539 g/mol. The molecule has 178 valence electrons. The van der Waals surface area contributed by atoms with Gasteiger partial charge in [-0.3, -0.25) is 4.99 Å². The molecule has 0 aromatic heterocycles. The molecule has 2 fully saturated rings. The van der Waals surface area contributed by atoms with Gasteiger partial charge in [0, 0.05) is 53.1 Å². The van der Waals surface area contributed by atoms with Gasteiger partial charge in [-0.15, -0.1) is 24.0 Å². The van der Waals surface area contributed by atoms with Gasteiger partial charge >= 0.3 is 0 Å². The predicted molar refractivity (Wildman–Crippen MR) is 135 cm³/mol. The summed E-state index contributed by atoms with van der Waals surface area (Å²) in [6, 6.07) is 0. The zero-order valence-electron chi connectivity index (χ0n) is 19.4. The number of guanidine groups is 1. The van der Waals surface area contributed by atoms with Crippen molar-refractivity contribution < 1.29 is 14.2 Å². The Hall–Kier alpha value is -0.120. The second-order valence-electron chi connectivity index (χ2n) is 8.33. The maximum absolute atomic E-state index is 6.10. The lowest BCUT2D eigenvalue weighted by Crippen LogP contribution is -2.47. The fourth-order valence-electron chi connectivity index (χ4n) is 4.17. The van der Waals surface area contributed by atoms with Crippen molar-refractivity contribution in [2.45, 2.75) is 89.8 Å². The minimum absolute atomic E-state index is 0. The number of methoxy groups -OCH3 is 1. The number of hydrogen-bond donors (Lipinski definition) is 1. The summed E-state index contributed by atoms with van der Waals surface area (Å²) >= 11 is 0. The number of rotatable bonds is 12. The molecule has 1 saturated heterocycles. The lowest BCUT2D eigenvalue weighted by molar-refractivity contribution is 0.00989. The van der Waals surface area contributed by atoms with E-state index >= 15 is 0 Å². The number of nitrogens with zero attached hydrogens (tertiary/aromatic N) is 2. The summed E-state index contributed by atoms with van der Waals surface area (Å²) in [6.45, 7) is 8.44. The zero-order chi connectivity index (χ0) is 20.6. The molecule has 1 saturated carbocycles. The lowest BCUT2D eigenvalue weighted by Gasteiger charge is -2.34. The van der Waals surface area contributed by atoms with Crippen molar-refractivity contribution in [3.8, 4) is 0 Å². The highest BCUT2D eigenvalue weighted by Crippen LogP contribution is 2.20. The highest BCUT2D eigenvalue weighted by Gasteiger charge is 2.21. The summed E-state index contributed by atoms with van der Waals surface area (Å²) in [7, 11) is 1.74. The Bertz CT molecular complexity index is 424. The van der Waals surface area contributed by atoms with Gasteiger partial charge < -0.3 is 24.4 Å². The Kier molecular flexibility index (Phi) is 17.2. The minimum atomic E-state index is 0. The molecule has 7 heteroatoms. The highest BCUT2D eigenvalue weighted by molar-refractivity contribution is 14.0. The van der Waals surface area contributed by atoms with Gasteiger partial charge in [0.2, 0.25) is 0 Å². The molecule has 1 aliphatic carbocycles. The summed E-state index contributed by atoms with van der Waals surface area (Å²) in [5.74, 6) is 1.06. The van der Waals surface area contributed by atoms with Gasteiger partial charge in [-0.1, -0.05) is 25.7 Å². The Morgan fingerprint density at radius 1 is 0.867 bits per heavy atom. The Morgan fingerprint density at radius 2 is 1.50 bits per heavy atom. The van der Waals surface area contributed by atoms with E-state index in [-0.39, 0.29) is 24.0 Å². The van der Waals surface area contributed by atoms with Crippen LogP contribution in [0.4, 0.5) is 0 Å². The van der Waals surface area contributed by atoms with Crippen LogP contribution >= 0.6 is 24.0 Å². The third-order valence-electron chi connectivity index (χ3n) is 5.89. The molecule has 1 N–H and O–H groups in total. The van der Waals surface area contributed by atoms with Crippen molar-refractivity contribution in [2.75, 3.05) is 53.1 Å². The third-order valence-corrected chi connectivity index (χ3v) is 5.89. The second-order valence-corrected chi connectivity index (χ2v) is 8.33. The van der Waals surface area contributed by atoms with Crippen molar-refractivity contribution in [3.05, 3.63) is 0 Å². The average Bonchev–Trinajstić information content (AvgIpc) is 3.02. The first kappa shape index (κ1) is 27.9. The maximum atomic E-state index is 6.10. The van der Waals surface area contributed by atoms with Gasteiger partial charge in [0.1, 0.15) is 0 Å². The molecule has 0 unspecified atom stereocenters. The topological polar surface area (TPSA) is 55.3 Å². The molecule has 0 spiro atoms. The van der Waals surface area contributed by atoms with Crippen LogP contribution in [0.15, 0.2) is 4.99 Å². The van der Waals surface area contributed by atoms with E-state index in [4.69, 9.17) is 19.2 Å². The molecule has 0 amide bonds. The number of halogens is 1. The first-order chi connectivity index (χ1) is 14.3. The first-order valence-electron chi connectivity index (χ1n) is 12.1. The molecule has 0 bridgehead atoms. The summed E-state index contributed by atoms with van der Waals surface area (Å²) in [5, 5.41) is 3.46. The van der Waals surface area contributed by atoms with E-state index in [0.29, 0.717) is 12.2 Å². The van der Waals surface area contributed by atoms with Crippen molar-refractivity contribution in [3.63, 3.8) is 0 Å². The van der Waals surface area contributed by atoms with Crippen LogP contribution in [0.5, 0.6) is 0 Å². The van der Waals surface area contributed by atoms with Crippen LogP contribution in [0.1, 0.15) is 77.6 Å². The van der Waals surface area contributed by atoms with E-state index in [1.165, 1.54) is 38.5 Å². The number of piperidine rings is 1. The molecular weight excluding hydrogens is 493 g/mol. The molecule has 0 aromatic rings. The molecule has 0 aromatic carbocycles. The fraction of sp³-hybridized carbons (Fsp3) is 0.957. The highest BCUT2D eigenvalue weighted by atomic mass is 127. The molecule has 2 aliphatic rings. The number of aliphatic imine (C=N–C) groups is 1. The van der Waals surface area contributed by atoms with Crippen LogP contribution in [0.2, 0.25) is 0 Å². The van der Waals surface area contributed by atoms with Crippen LogP contribution in [-0.4, -0.2) is 76.2 Å². The van der Waals surface area contributed by atoms with Crippen LogP contribution in [0.25, 0.3) is 0 Å². The molecule has 6 nitrogen and oxygen atoms in total. The molecule has 1 aliphatic heterocycles. The van der Waals surface area contributed by atoms with Crippen LogP contribution in [-0.2, 0) is 14.2 Å². The normalized spacial score (nSPS) is 19.4. The number of nitrogens with one attached hydrogen (secondary N) is 1. The van der Waals surface area contributed by atoms with Crippen molar-refractivity contribution in [2.24, 2.45) is 4.99 Å². The molecule has 30 heavy (non-hydrogen) atoms. The lowest BCUT2D eigenvalue weighted by atomic mass is 10.1. The SMILES string of the molecule is CCNC(=NCCCCOC1CCCCCC1)N1CCC(OCCCOC)CC1.I. The van der Waals surface area contributed by atoms with Crippen molar-refractivity contribution in [1.29, 1.82) is 0 Å². The van der Waals surface area contributed by atoms with Crippen molar-refractivity contribution >= 4 is 29.9 Å². The Balaban J connectivity index is 0.00000450. The Morgan fingerprint density at radius 3 is 2.13 bits per heavy atom. The Labute approximate surface area is 201 Å². The third kappa shape index (κ3) is 12.1. The van der Waals surface area contributed by atoms with Crippen LogP contribution in [0.3, 0.4) is 0 Å². The predicted octanol–water partition coefficient (Wildman–Crippen LogP) is 4.61. The average molecular weight is 540 g/mol. The maximum Gasteiger partial charge on any atom is 0.193 e. The van der Waals surface area contributed by atoms with E-state index in [0.717, 1.165) is 84.1 Å². The van der Waals surface area contributed by atoms with E-state index in [1.807, 2.05) is 0 Å². The number of ether oxygens (including phenoxy) is 3. The van der Waals surface area contributed by atoms with Gasteiger partial charge in [0.25, 0.3) is 0 Å². The molecule has 1 heterocycles. The summed E-state index contributed by atoms with van der Waals surface area (Å²) in [6.07, 6.45) is 14.2. The zero-order valence-corrected chi connectivity index (χ0v) is 21.7. The smallest absolute Gasteiger partial charge is 0.193 e. The van der Waals surface area contributed by atoms with Gasteiger partial charge in [0.15, 0.2) is 5.96 Å². The molecule has 2 rings (SSSR count). The fourth-order valence-corrected chi connectivity index (χ4v) is 4.17. The standard InChI is InChI=1S/C23H45N3O3.HI/c1-3-24-23(26-16-13-22(14-17-26)29-20-10-18-27-2)25-15-8-9-19-28-21-11-6-4-5-7-12-21;/h21-22H,3-20H2,1-2H3,(H,24,25);1H. The number of unbranched alkanes of at least 4 members (excludes halogenated alkanes) is 1. The van der Waals surface area contributed by atoms with E-state index in [1.54, 1.807) is 7.11 Å². The van der Waals surface area contributed by atoms with Gasteiger partial charge in [-0.25, -0.2) is 0 Å². The van der Waals surface area contributed by atoms with E-state index < -0.39 is 0 Å². The van der Waals surface area contributed by atoms with E-state index in [2.05, 4.69) is 17.1 Å². The van der Waals surface area contributed by atoms with Crippen molar-refractivity contribution in [1.82, 2.24) is 10.2 Å². The van der Waals surface area contributed by atoms with Gasteiger partial charge in [-0.05, 0) is 51.9 Å². The molecule has 0 atom stereocenters. The quantitative estimate of drug-likeness (QED) is 0.129. The number of hydrogen-bond acceptors (Lipinski definition) is 4. The van der Waals surface area contributed by atoms with Gasteiger partial charge in [-0.2, -0.15) is 0 Å². The summed E-state index contributed by atoms with van der Waals surface area (Å²) in [5.41, 5.74) is 0. The minimum Gasteiger partial charge on any atom is -0.385 e. The van der Waals surface area contributed by atoms with Gasteiger partial charge in [0.05, 0.1) is 12.2 Å². The van der Waals surface area contributed by atoms with Crippen LogP contribution < -0.4 is 5.32 Å². The van der Waals surface area contributed by atoms with Crippen LogP contribution in [0, 0.1) is 0 Å². The molecular formula is C23H46IN3O3. The second kappa shape index (κ2) is 18.5. The number of likely N-dealkylation sites (tertiary alicyclic amines) is 1. The summed E-state index contributed by atoms with van der Waals surface area (Å²) in [4.78, 5) is 7.26. The summed E-state index contributed by atoms with van der Waals surface area (Å²) < 4.78 is 17.2. The van der Waals surface area contributed by atoms with E-state index in [9.17, 15) is 0 Å².